The minimum Gasteiger partial charge on any atom is -0.340 e. The van der Waals surface area contributed by atoms with Crippen LogP contribution in [0.2, 0.25) is 5.02 Å². The van der Waals surface area contributed by atoms with Crippen molar-refractivity contribution < 1.29 is 13.2 Å². The molecule has 0 aliphatic carbocycles. The zero-order valence-electron chi connectivity index (χ0n) is 16.2. The first-order valence-electron chi connectivity index (χ1n) is 8.99. The summed E-state index contributed by atoms with van der Waals surface area (Å²) in [7, 11) is -2.09. The summed E-state index contributed by atoms with van der Waals surface area (Å²) in [6.45, 7) is 0.228. The lowest BCUT2D eigenvalue weighted by Gasteiger charge is -2.16. The van der Waals surface area contributed by atoms with Crippen LogP contribution in [0, 0.1) is 11.3 Å². The van der Waals surface area contributed by atoms with Crippen molar-refractivity contribution in [1.29, 1.82) is 5.26 Å². The molecule has 1 heterocycles. The second kappa shape index (κ2) is 9.11. The SMILES string of the molecule is CN(Cc1cnn(-c2cccc(Cl)c2)c1)C(=O)CS(=O)(=O)Cc1ccc(C#N)cc1. The fourth-order valence-electron chi connectivity index (χ4n) is 2.84. The van der Waals surface area contributed by atoms with Gasteiger partial charge in [-0.15, -0.1) is 0 Å². The Balaban J connectivity index is 1.60. The Bertz CT molecular complexity index is 1200. The van der Waals surface area contributed by atoms with Crippen molar-refractivity contribution in [1.82, 2.24) is 14.7 Å². The van der Waals surface area contributed by atoms with E-state index in [1.54, 1.807) is 60.5 Å². The lowest BCUT2D eigenvalue weighted by molar-refractivity contribution is -0.127. The van der Waals surface area contributed by atoms with E-state index in [-0.39, 0.29) is 12.3 Å². The van der Waals surface area contributed by atoms with Crippen LogP contribution in [-0.4, -0.2) is 41.8 Å². The zero-order valence-corrected chi connectivity index (χ0v) is 17.8. The number of carbonyl (C=O) groups excluding carboxylic acids is 1. The van der Waals surface area contributed by atoms with E-state index in [2.05, 4.69) is 5.10 Å². The Morgan fingerprint density at radius 3 is 2.60 bits per heavy atom. The maximum absolute atomic E-state index is 12.4. The van der Waals surface area contributed by atoms with Gasteiger partial charge >= 0.3 is 0 Å². The van der Waals surface area contributed by atoms with Crippen LogP contribution in [0.1, 0.15) is 16.7 Å². The Morgan fingerprint density at radius 2 is 1.93 bits per heavy atom. The lowest BCUT2D eigenvalue weighted by Crippen LogP contribution is -2.32. The third-order valence-corrected chi connectivity index (χ3v) is 6.06. The number of rotatable bonds is 7. The van der Waals surface area contributed by atoms with E-state index in [1.165, 1.54) is 4.90 Å². The summed E-state index contributed by atoms with van der Waals surface area (Å²) < 4.78 is 26.4. The molecular formula is C21H19ClN4O3S. The van der Waals surface area contributed by atoms with Gasteiger partial charge in [0.25, 0.3) is 0 Å². The van der Waals surface area contributed by atoms with Crippen molar-refractivity contribution in [3.63, 3.8) is 0 Å². The molecule has 0 saturated carbocycles. The van der Waals surface area contributed by atoms with Crippen LogP contribution in [0.25, 0.3) is 5.69 Å². The standard InChI is InChI=1S/C21H19ClN4O3S/c1-25(12-18-11-24-26(13-18)20-4-2-3-19(22)9-20)21(27)15-30(28,29)14-17-7-5-16(10-23)6-8-17/h2-9,11,13H,12,14-15H2,1H3. The van der Waals surface area contributed by atoms with Gasteiger partial charge in [-0.1, -0.05) is 29.8 Å². The van der Waals surface area contributed by atoms with Gasteiger partial charge in [0.15, 0.2) is 9.84 Å². The number of nitriles is 1. The molecule has 2 aromatic carbocycles. The van der Waals surface area contributed by atoms with Crippen molar-refractivity contribution in [2.24, 2.45) is 0 Å². The molecule has 0 N–H and O–H groups in total. The van der Waals surface area contributed by atoms with Crippen molar-refractivity contribution in [3.05, 3.63) is 82.6 Å². The van der Waals surface area contributed by atoms with Gasteiger partial charge in [-0.2, -0.15) is 10.4 Å². The Kier molecular flexibility index (Phi) is 6.55. The van der Waals surface area contributed by atoms with Crippen molar-refractivity contribution in [2.75, 3.05) is 12.8 Å². The number of amides is 1. The first-order chi connectivity index (χ1) is 14.3. The fourth-order valence-corrected chi connectivity index (χ4v) is 4.43. The second-order valence-corrected chi connectivity index (χ2v) is 9.36. The highest BCUT2D eigenvalue weighted by Crippen LogP contribution is 2.15. The van der Waals surface area contributed by atoms with E-state index >= 15 is 0 Å². The molecule has 0 atom stereocenters. The molecule has 3 aromatic rings. The number of hydrogen-bond acceptors (Lipinski definition) is 5. The predicted molar refractivity (Wildman–Crippen MR) is 114 cm³/mol. The van der Waals surface area contributed by atoms with Crippen LogP contribution < -0.4 is 0 Å². The Hall–Kier alpha value is -3.15. The van der Waals surface area contributed by atoms with E-state index in [0.717, 1.165) is 11.3 Å². The molecule has 9 heteroatoms. The lowest BCUT2D eigenvalue weighted by atomic mass is 10.2. The molecule has 154 valence electrons. The highest BCUT2D eigenvalue weighted by atomic mass is 35.5. The Morgan fingerprint density at radius 1 is 1.20 bits per heavy atom. The Labute approximate surface area is 180 Å². The average molecular weight is 443 g/mol. The number of aromatic nitrogens is 2. The predicted octanol–water partition coefficient (Wildman–Crippen LogP) is 2.97. The van der Waals surface area contributed by atoms with E-state index in [9.17, 15) is 13.2 Å². The number of halogens is 1. The smallest absolute Gasteiger partial charge is 0.237 e. The van der Waals surface area contributed by atoms with Gasteiger partial charge in [-0.3, -0.25) is 4.79 Å². The number of sulfone groups is 1. The fraction of sp³-hybridized carbons (Fsp3) is 0.190. The molecule has 0 spiro atoms. The maximum Gasteiger partial charge on any atom is 0.237 e. The molecule has 0 radical (unpaired) electrons. The first kappa shape index (κ1) is 21.6. The monoisotopic (exact) mass is 442 g/mol. The van der Waals surface area contributed by atoms with Crippen LogP contribution in [0.5, 0.6) is 0 Å². The summed E-state index contributed by atoms with van der Waals surface area (Å²) >= 11 is 6.00. The zero-order chi connectivity index (χ0) is 21.7. The molecule has 30 heavy (non-hydrogen) atoms. The molecule has 0 aliphatic rings. The van der Waals surface area contributed by atoms with Gasteiger partial charge in [-0.05, 0) is 35.9 Å². The number of nitrogens with zero attached hydrogens (tertiary/aromatic N) is 4. The van der Waals surface area contributed by atoms with Gasteiger partial charge < -0.3 is 4.90 Å². The van der Waals surface area contributed by atoms with Gasteiger partial charge in [0.05, 0.1) is 29.3 Å². The third kappa shape index (κ3) is 5.69. The summed E-state index contributed by atoms with van der Waals surface area (Å²) in [4.78, 5) is 13.8. The molecule has 0 aliphatic heterocycles. The summed E-state index contributed by atoms with van der Waals surface area (Å²) in [6.07, 6.45) is 3.39. The molecule has 3 rings (SSSR count). The van der Waals surface area contributed by atoms with Crippen molar-refractivity contribution in [3.8, 4) is 11.8 Å². The van der Waals surface area contributed by atoms with Gasteiger partial charge in [0, 0.05) is 30.4 Å². The molecule has 0 fully saturated rings. The molecule has 7 nitrogen and oxygen atoms in total. The minimum atomic E-state index is -3.64. The van der Waals surface area contributed by atoms with Crippen molar-refractivity contribution >= 4 is 27.3 Å². The van der Waals surface area contributed by atoms with Crippen LogP contribution in [0.3, 0.4) is 0 Å². The van der Waals surface area contributed by atoms with Crippen LogP contribution >= 0.6 is 11.6 Å². The number of benzene rings is 2. The topological polar surface area (TPSA) is 96.1 Å². The van der Waals surface area contributed by atoms with Crippen LogP contribution in [0.15, 0.2) is 60.9 Å². The summed E-state index contributed by atoms with van der Waals surface area (Å²) in [5, 5.41) is 13.7. The van der Waals surface area contributed by atoms with Gasteiger partial charge in [-0.25, -0.2) is 13.1 Å². The molecule has 1 amide bonds. The highest BCUT2D eigenvalue weighted by molar-refractivity contribution is 7.91. The highest BCUT2D eigenvalue weighted by Gasteiger charge is 2.21. The van der Waals surface area contributed by atoms with E-state index in [4.69, 9.17) is 16.9 Å². The normalized spacial score (nSPS) is 11.1. The van der Waals surface area contributed by atoms with Crippen LogP contribution in [-0.2, 0) is 26.9 Å². The molecule has 0 bridgehead atoms. The molecular weight excluding hydrogens is 424 g/mol. The quantitative estimate of drug-likeness (QED) is 0.560. The minimum absolute atomic E-state index is 0.228. The van der Waals surface area contributed by atoms with Gasteiger partial charge in [0.2, 0.25) is 5.91 Å². The third-order valence-electron chi connectivity index (χ3n) is 4.37. The molecule has 0 saturated heterocycles. The molecule has 1 aromatic heterocycles. The number of hydrogen-bond donors (Lipinski definition) is 0. The van der Waals surface area contributed by atoms with Crippen LogP contribution in [0.4, 0.5) is 0 Å². The maximum atomic E-state index is 12.4. The van der Waals surface area contributed by atoms with E-state index < -0.39 is 21.5 Å². The number of carbonyl (C=O) groups is 1. The first-order valence-corrected chi connectivity index (χ1v) is 11.2. The average Bonchev–Trinajstić information content (AvgIpc) is 3.16. The second-order valence-electron chi connectivity index (χ2n) is 6.86. The summed E-state index contributed by atoms with van der Waals surface area (Å²) in [5.41, 5.74) is 2.53. The largest absolute Gasteiger partial charge is 0.340 e. The van der Waals surface area contributed by atoms with E-state index in [1.807, 2.05) is 18.2 Å². The molecule has 0 unspecified atom stereocenters. The van der Waals surface area contributed by atoms with Crippen molar-refractivity contribution in [2.45, 2.75) is 12.3 Å². The summed E-state index contributed by atoms with van der Waals surface area (Å²) in [5.74, 6) is -1.35. The summed E-state index contributed by atoms with van der Waals surface area (Å²) in [6, 6.07) is 15.4. The van der Waals surface area contributed by atoms with Gasteiger partial charge in [0.1, 0.15) is 5.75 Å². The van der Waals surface area contributed by atoms with E-state index in [0.29, 0.717) is 16.1 Å².